The molecule has 15 rings (SSSR count). The van der Waals surface area contributed by atoms with Crippen molar-refractivity contribution in [2.24, 2.45) is 11.5 Å². The molecular weight excluding hydrogens is 1540 g/mol. The molecule has 0 bridgehead atoms. The van der Waals surface area contributed by atoms with Crippen molar-refractivity contribution < 1.29 is 64.8 Å². The maximum atomic E-state index is 13.1. The van der Waals surface area contributed by atoms with Gasteiger partial charge in [-0.05, 0) is 207 Å². The summed E-state index contributed by atoms with van der Waals surface area (Å²) in [5, 5.41) is 11.1. The van der Waals surface area contributed by atoms with Crippen LogP contribution in [0.5, 0.6) is 0 Å². The van der Waals surface area contributed by atoms with E-state index in [0.29, 0.717) is 81.9 Å². The molecule has 0 aliphatic carbocycles. The smallest absolute Gasteiger partial charge is 0.478 e. The maximum Gasteiger partial charge on any atom is 0.494 e. The van der Waals surface area contributed by atoms with Gasteiger partial charge in [0.05, 0.1) is 88.7 Å². The average Bonchev–Trinajstić information content (AvgIpc) is 1.60. The monoisotopic (exact) mass is 1630 g/mol. The van der Waals surface area contributed by atoms with E-state index in [2.05, 4.69) is 52.2 Å². The number of aryl methyl sites for hydroxylation is 3. The number of carboxylic acids is 1. The highest BCUT2D eigenvalue weighted by Crippen LogP contribution is 2.37. The van der Waals surface area contributed by atoms with Gasteiger partial charge in [-0.2, -0.15) is 0 Å². The topological polar surface area (TPSA) is 354 Å². The number of nitrogens with one attached hydrogen (secondary N) is 1. The first-order valence-corrected chi connectivity index (χ1v) is 37.3. The molecule has 0 unspecified atom stereocenters. The quantitative estimate of drug-likeness (QED) is 0.0364. The van der Waals surface area contributed by atoms with Crippen molar-refractivity contribution in [2.45, 2.75) is 105 Å². The maximum absolute atomic E-state index is 13.1. The summed E-state index contributed by atoms with van der Waals surface area (Å²) in [4.78, 5) is 84.1. The number of nitrogens with zero attached hydrogens (tertiary/aromatic N) is 8. The molecule has 4 fully saturated rings. The number of carbonyl (C=O) groups excluding carboxylic acids is 4. The number of carbonyl (C=O) groups is 5. The highest BCUT2D eigenvalue weighted by Gasteiger charge is 2.52. The van der Waals surface area contributed by atoms with Crippen LogP contribution in [0.15, 0.2) is 213 Å². The van der Waals surface area contributed by atoms with E-state index in [1.807, 2.05) is 133 Å². The summed E-state index contributed by atoms with van der Waals surface area (Å²) in [7, 11) is -0.437. The number of benzene rings is 6. The number of alkyl halides is 3. The van der Waals surface area contributed by atoms with Crippen molar-refractivity contribution in [3.8, 4) is 56.6 Å². The Morgan fingerprint density at radius 3 is 1.20 bits per heavy atom. The molecule has 9 heterocycles. The standard InChI is InChI=1S/C29H26FN5O3.C21H20FN3O2.C16H21BFNO3.C11H11BrN2O.C8H8N2O2.CH4/c1-18-12-22(20-4-6-21(7-5-20)29(37)35-16-23(30)17-35)8-9-25(18)28-34-15-24(38-28)14-33-27(36)11-3-19-2-10-26(31)32-13-19;1-13-8-16(6-7-19(13)20-24-10-18(9-23)27-20)14-2-4-15(5-3-14)21(26)25-11-17(22)12-25;1-15(2)16(3,4)22-17(21-15)12-7-5-11(6-8-12)14(20)19-9-13(18)10-19;1-7-4-8(12)2-3-10(7)11-14-6-9(5-13)15-11;9-7-3-1-6(5-10-7)2-4-8(11)12;/h2-13,15,23H,14,16-17H2,1H3,(H2,31,32)(H,33,36);2-8,10,17H,9,11-12,23H2,1H3;5-8,13H,9-10H2,1-4H3;2-4,6H,5,13H2,1H3;1-5H,(H2,9,10)(H,11,12);1H4/b11-3+;;;;4-2+;. The zero-order chi connectivity index (χ0) is 81.5. The number of nitrogen functional groups attached to an aromatic ring is 2. The molecule has 4 aliphatic heterocycles. The summed E-state index contributed by atoms with van der Waals surface area (Å²) in [5.41, 5.74) is 35.1. The Bertz CT molecular complexity index is 5240. The number of hydrogen-bond acceptors (Lipinski definition) is 19. The minimum Gasteiger partial charge on any atom is -0.478 e. The van der Waals surface area contributed by atoms with Gasteiger partial charge in [0.1, 0.15) is 47.4 Å². The van der Waals surface area contributed by atoms with Crippen LogP contribution in [0, 0.1) is 20.8 Å². The zero-order valence-electron chi connectivity index (χ0n) is 63.7. The van der Waals surface area contributed by atoms with Crippen molar-refractivity contribution in [1.29, 1.82) is 0 Å². The molecule has 11 aromatic rings. The summed E-state index contributed by atoms with van der Waals surface area (Å²) < 4.78 is 68.8. The molecule has 0 spiro atoms. The van der Waals surface area contributed by atoms with Gasteiger partial charge >= 0.3 is 13.1 Å². The molecule has 4 aliphatic rings. The van der Waals surface area contributed by atoms with Gasteiger partial charge in [-0.15, -0.1) is 0 Å². The number of amides is 4. The molecule has 0 atom stereocenters. The minimum atomic E-state index is -0.980. The fourth-order valence-corrected chi connectivity index (χ4v) is 12.4. The summed E-state index contributed by atoms with van der Waals surface area (Å²) in [6, 6.07) is 46.5. The largest absolute Gasteiger partial charge is 0.494 e. The second kappa shape index (κ2) is 38.1. The number of aliphatic carboxylic acids is 1. The Hall–Kier alpha value is -12.1. The highest BCUT2D eigenvalue weighted by atomic mass is 79.9. The lowest BCUT2D eigenvalue weighted by atomic mass is 9.79. The Kier molecular flexibility index (Phi) is 28.3. The number of likely N-dealkylation sites (tertiary alicyclic amines) is 3. The van der Waals surface area contributed by atoms with Crippen molar-refractivity contribution in [3.05, 3.63) is 261 Å². The van der Waals surface area contributed by atoms with E-state index >= 15 is 0 Å². The van der Waals surface area contributed by atoms with E-state index in [1.54, 1.807) is 91.5 Å². The molecule has 115 heavy (non-hydrogen) atoms. The van der Waals surface area contributed by atoms with E-state index < -0.39 is 31.6 Å². The molecule has 10 N–H and O–H groups in total. The molecule has 6 aromatic carbocycles. The Labute approximate surface area is 673 Å². The molecule has 4 saturated heterocycles. The third-order valence-corrected chi connectivity index (χ3v) is 19.8. The van der Waals surface area contributed by atoms with E-state index in [4.69, 9.17) is 50.6 Å². The Balaban J connectivity index is 0.000000160. The molecule has 0 radical (unpaired) electrons. The fraction of sp³-hybridized carbons (Fsp3) is 0.256. The number of halogens is 4. The number of rotatable bonds is 17. The van der Waals surface area contributed by atoms with Crippen molar-refractivity contribution in [3.63, 3.8) is 0 Å². The van der Waals surface area contributed by atoms with E-state index in [1.165, 1.54) is 33.0 Å². The van der Waals surface area contributed by atoms with Gasteiger partial charge in [-0.1, -0.05) is 84.0 Å². The molecule has 5 aromatic heterocycles. The third kappa shape index (κ3) is 22.2. The van der Waals surface area contributed by atoms with Gasteiger partial charge < -0.3 is 70.6 Å². The minimum absolute atomic E-state index is 0. The third-order valence-electron chi connectivity index (χ3n) is 19.3. The van der Waals surface area contributed by atoms with Crippen LogP contribution in [-0.4, -0.2) is 150 Å². The van der Waals surface area contributed by atoms with Gasteiger partial charge in [0.15, 0.2) is 0 Å². The number of carboxylic acid groups (broad SMARTS) is 1. The number of aromatic nitrogens is 5. The summed E-state index contributed by atoms with van der Waals surface area (Å²) >= 11 is 3.42. The zero-order valence-corrected chi connectivity index (χ0v) is 65.3. The number of nitrogens with two attached hydrogens (primary N) is 4. The molecule has 596 valence electrons. The second-order valence-corrected chi connectivity index (χ2v) is 29.3. The Morgan fingerprint density at radius 2 is 0.852 bits per heavy atom. The van der Waals surface area contributed by atoms with Gasteiger partial charge in [0.25, 0.3) is 17.7 Å². The molecule has 4 amide bonds. The van der Waals surface area contributed by atoms with Crippen molar-refractivity contribution >= 4 is 81.9 Å². The van der Waals surface area contributed by atoms with Crippen LogP contribution in [0.4, 0.5) is 24.8 Å². The highest BCUT2D eigenvalue weighted by molar-refractivity contribution is 9.10. The first-order valence-electron chi connectivity index (χ1n) is 36.5. The molecule has 29 heteroatoms. The van der Waals surface area contributed by atoms with Gasteiger partial charge in [0, 0.05) is 62.4 Å². The summed E-state index contributed by atoms with van der Waals surface area (Å²) in [6.07, 6.45) is 10.9. The lowest BCUT2D eigenvalue weighted by Crippen LogP contribution is -2.51. The van der Waals surface area contributed by atoms with Crippen LogP contribution in [0.1, 0.15) is 111 Å². The second-order valence-electron chi connectivity index (χ2n) is 28.4. The number of hydrogen-bond donors (Lipinski definition) is 6. The average molecular weight is 1630 g/mol. The number of oxazole rings is 3. The van der Waals surface area contributed by atoms with E-state index in [0.717, 1.165) is 77.2 Å². The van der Waals surface area contributed by atoms with Crippen molar-refractivity contribution in [1.82, 2.24) is 44.9 Å². The first kappa shape index (κ1) is 85.3. The van der Waals surface area contributed by atoms with Crippen LogP contribution < -0.4 is 33.7 Å². The SMILES string of the molecule is C.CC1(C)OB(c2ccc(C(=O)N3CC(F)C3)cc2)OC1(C)C.Cc1cc(-c2ccc(C(=O)N3CC(F)C3)cc2)ccc1-c1ncc(CN)o1.Cc1cc(-c2ccc(C(=O)N3CC(F)C3)cc2)ccc1-c1ncc(CNC(=O)/C=C/c2ccc(N)nc2)o1.Cc1cc(Br)ccc1-c1ncc(CN)o1.Nc1ccc(/C=C/C(=O)O)cn1. The predicted octanol–water partition coefficient (Wildman–Crippen LogP) is 14.0. The van der Waals surface area contributed by atoms with Crippen LogP contribution in [0.3, 0.4) is 0 Å². The van der Waals surface area contributed by atoms with Gasteiger partial charge in [-0.3, -0.25) is 19.2 Å². The summed E-state index contributed by atoms with van der Waals surface area (Å²) in [6.45, 7) is 16.0. The predicted molar refractivity (Wildman–Crippen MR) is 441 cm³/mol. The van der Waals surface area contributed by atoms with Crippen LogP contribution in [-0.2, 0) is 38.5 Å². The number of anilines is 2. The Morgan fingerprint density at radius 1 is 0.496 bits per heavy atom. The van der Waals surface area contributed by atoms with Gasteiger partial charge in [-0.25, -0.2) is 42.9 Å². The lowest BCUT2D eigenvalue weighted by Gasteiger charge is -2.34. The van der Waals surface area contributed by atoms with Crippen LogP contribution in [0.25, 0.3) is 68.8 Å². The van der Waals surface area contributed by atoms with Gasteiger partial charge in [0.2, 0.25) is 23.6 Å². The number of pyridine rings is 2. The first-order chi connectivity index (χ1) is 54.5. The van der Waals surface area contributed by atoms with E-state index in [-0.39, 0.29) is 88.1 Å². The van der Waals surface area contributed by atoms with Crippen LogP contribution in [0.2, 0.25) is 0 Å². The van der Waals surface area contributed by atoms with Crippen LogP contribution >= 0.6 is 15.9 Å². The fourth-order valence-electron chi connectivity index (χ4n) is 11.9. The molecular formula is C86H90BBrF3N13O11. The normalized spacial score (nSPS) is 14.8. The molecule has 24 nitrogen and oxygen atoms in total. The summed E-state index contributed by atoms with van der Waals surface area (Å²) in [5.74, 6) is 2.70. The van der Waals surface area contributed by atoms with Crippen molar-refractivity contribution in [2.75, 3.05) is 50.7 Å². The van der Waals surface area contributed by atoms with E-state index in [9.17, 15) is 37.1 Å². The molecule has 0 saturated carbocycles. The lowest BCUT2D eigenvalue weighted by molar-refractivity contribution is -0.131.